The number of aromatic nitrogens is 2. The van der Waals surface area contributed by atoms with Crippen LogP contribution in [0.5, 0.6) is 5.75 Å². The molecule has 2 heterocycles. The zero-order chi connectivity index (χ0) is 14.7. The fourth-order valence-corrected chi connectivity index (χ4v) is 2.47. The predicted octanol–water partition coefficient (Wildman–Crippen LogP) is 1.06. The SMILES string of the molecule is O=C(NC1CCCNC1)c1nn(-c2ccccc2)cc1O. The molecule has 1 fully saturated rings. The molecule has 3 N–H and O–H groups in total. The summed E-state index contributed by atoms with van der Waals surface area (Å²) in [6.45, 7) is 1.74. The number of piperidine rings is 1. The van der Waals surface area contributed by atoms with E-state index in [-0.39, 0.29) is 23.4 Å². The van der Waals surface area contributed by atoms with Crippen molar-refractivity contribution in [3.63, 3.8) is 0 Å². The van der Waals surface area contributed by atoms with Gasteiger partial charge in [0.1, 0.15) is 0 Å². The van der Waals surface area contributed by atoms with Gasteiger partial charge in [-0.3, -0.25) is 4.79 Å². The maximum absolute atomic E-state index is 12.2. The monoisotopic (exact) mass is 286 g/mol. The quantitative estimate of drug-likeness (QED) is 0.788. The van der Waals surface area contributed by atoms with E-state index in [1.165, 1.54) is 10.9 Å². The van der Waals surface area contributed by atoms with Crippen molar-refractivity contribution in [1.29, 1.82) is 0 Å². The van der Waals surface area contributed by atoms with Gasteiger partial charge < -0.3 is 15.7 Å². The maximum Gasteiger partial charge on any atom is 0.275 e. The fraction of sp³-hybridized carbons (Fsp3) is 0.333. The normalized spacial score (nSPS) is 18.4. The summed E-state index contributed by atoms with van der Waals surface area (Å²) < 4.78 is 1.50. The molecule has 110 valence electrons. The van der Waals surface area contributed by atoms with E-state index in [0.717, 1.165) is 31.6 Å². The minimum atomic E-state index is -0.337. The second kappa shape index (κ2) is 5.97. The lowest BCUT2D eigenvalue weighted by Crippen LogP contribution is -2.45. The number of nitrogens with zero attached hydrogens (tertiary/aromatic N) is 2. The minimum Gasteiger partial charge on any atom is -0.504 e. The van der Waals surface area contributed by atoms with E-state index in [9.17, 15) is 9.90 Å². The lowest BCUT2D eigenvalue weighted by Gasteiger charge is -2.23. The molecule has 1 unspecified atom stereocenters. The summed E-state index contributed by atoms with van der Waals surface area (Å²) in [5, 5.41) is 20.3. The van der Waals surface area contributed by atoms with Crippen LogP contribution in [0, 0.1) is 0 Å². The highest BCUT2D eigenvalue weighted by Crippen LogP contribution is 2.18. The molecule has 3 rings (SSSR count). The van der Waals surface area contributed by atoms with E-state index in [1.54, 1.807) is 0 Å². The molecule has 0 saturated carbocycles. The average molecular weight is 286 g/mol. The van der Waals surface area contributed by atoms with Gasteiger partial charge in [0.2, 0.25) is 0 Å². The van der Waals surface area contributed by atoms with Gasteiger partial charge in [0.15, 0.2) is 11.4 Å². The van der Waals surface area contributed by atoms with Crippen molar-refractivity contribution in [3.8, 4) is 11.4 Å². The standard InChI is InChI=1S/C15H18N4O2/c20-13-10-19(12-6-2-1-3-7-12)18-14(13)15(21)17-11-5-4-8-16-9-11/h1-3,6-7,10-11,16,20H,4-5,8-9H2,(H,17,21). The first-order valence-corrected chi connectivity index (χ1v) is 7.09. The molecule has 6 heteroatoms. The Morgan fingerprint density at radius 3 is 2.90 bits per heavy atom. The molecule has 0 bridgehead atoms. The van der Waals surface area contributed by atoms with Gasteiger partial charge in [-0.2, -0.15) is 5.10 Å². The first kappa shape index (κ1) is 13.6. The molecule has 1 aromatic heterocycles. The summed E-state index contributed by atoms with van der Waals surface area (Å²) in [5.74, 6) is -0.448. The Bertz CT molecular complexity index is 618. The fourth-order valence-electron chi connectivity index (χ4n) is 2.47. The Kier molecular flexibility index (Phi) is 3.87. The topological polar surface area (TPSA) is 79.2 Å². The lowest BCUT2D eigenvalue weighted by atomic mass is 10.1. The minimum absolute atomic E-state index is 0.0597. The molecule has 1 aliphatic rings. The van der Waals surface area contributed by atoms with Crippen molar-refractivity contribution >= 4 is 5.91 Å². The van der Waals surface area contributed by atoms with Gasteiger partial charge in [-0.05, 0) is 31.5 Å². The number of hydrogen-bond acceptors (Lipinski definition) is 4. The van der Waals surface area contributed by atoms with Crippen LogP contribution in [0.1, 0.15) is 23.3 Å². The third kappa shape index (κ3) is 3.05. The zero-order valence-electron chi connectivity index (χ0n) is 11.6. The van der Waals surface area contributed by atoms with Crippen molar-refractivity contribution in [2.24, 2.45) is 0 Å². The van der Waals surface area contributed by atoms with Gasteiger partial charge in [0.25, 0.3) is 5.91 Å². The molecule has 1 atom stereocenters. The van der Waals surface area contributed by atoms with Crippen LogP contribution in [0.3, 0.4) is 0 Å². The van der Waals surface area contributed by atoms with Crippen LogP contribution in [0.15, 0.2) is 36.5 Å². The number of amides is 1. The molecule has 1 amide bonds. The van der Waals surface area contributed by atoms with Crippen LogP contribution in [-0.4, -0.2) is 39.9 Å². The van der Waals surface area contributed by atoms with Crippen LogP contribution in [0.2, 0.25) is 0 Å². The molecule has 1 aromatic carbocycles. The van der Waals surface area contributed by atoms with Crippen LogP contribution in [0.25, 0.3) is 5.69 Å². The zero-order valence-corrected chi connectivity index (χ0v) is 11.6. The highest BCUT2D eigenvalue weighted by molar-refractivity contribution is 5.95. The molecular formula is C15H18N4O2. The van der Waals surface area contributed by atoms with Crippen molar-refractivity contribution in [2.75, 3.05) is 13.1 Å². The van der Waals surface area contributed by atoms with E-state index in [0.29, 0.717) is 0 Å². The van der Waals surface area contributed by atoms with Crippen LogP contribution in [0.4, 0.5) is 0 Å². The predicted molar refractivity (Wildman–Crippen MR) is 78.6 cm³/mol. The van der Waals surface area contributed by atoms with E-state index in [2.05, 4.69) is 15.7 Å². The number of aromatic hydroxyl groups is 1. The number of carbonyl (C=O) groups excluding carboxylic acids is 1. The number of carbonyl (C=O) groups is 1. The van der Waals surface area contributed by atoms with Crippen molar-refractivity contribution in [2.45, 2.75) is 18.9 Å². The Balaban J connectivity index is 1.76. The van der Waals surface area contributed by atoms with Crippen LogP contribution < -0.4 is 10.6 Å². The van der Waals surface area contributed by atoms with Crippen molar-refractivity contribution < 1.29 is 9.90 Å². The van der Waals surface area contributed by atoms with Gasteiger partial charge in [-0.1, -0.05) is 18.2 Å². The van der Waals surface area contributed by atoms with Crippen molar-refractivity contribution in [3.05, 3.63) is 42.2 Å². The molecule has 6 nitrogen and oxygen atoms in total. The molecule has 2 aromatic rings. The van der Waals surface area contributed by atoms with Gasteiger partial charge in [-0.25, -0.2) is 4.68 Å². The van der Waals surface area contributed by atoms with Gasteiger partial charge in [0, 0.05) is 12.6 Å². The second-order valence-corrected chi connectivity index (χ2v) is 5.16. The second-order valence-electron chi connectivity index (χ2n) is 5.16. The first-order valence-electron chi connectivity index (χ1n) is 7.09. The van der Waals surface area contributed by atoms with E-state index >= 15 is 0 Å². The highest BCUT2D eigenvalue weighted by Gasteiger charge is 2.21. The molecular weight excluding hydrogens is 268 g/mol. The number of benzene rings is 1. The summed E-state index contributed by atoms with van der Waals surface area (Å²) in [5.41, 5.74) is 0.857. The smallest absolute Gasteiger partial charge is 0.275 e. The van der Waals surface area contributed by atoms with Crippen molar-refractivity contribution in [1.82, 2.24) is 20.4 Å². The van der Waals surface area contributed by atoms with E-state index in [1.807, 2.05) is 30.3 Å². The Hall–Kier alpha value is -2.34. The van der Waals surface area contributed by atoms with Gasteiger partial charge in [0.05, 0.1) is 11.9 Å². The third-order valence-corrected chi connectivity index (χ3v) is 3.56. The Morgan fingerprint density at radius 2 is 2.19 bits per heavy atom. The number of hydrogen-bond donors (Lipinski definition) is 3. The average Bonchev–Trinajstić information content (AvgIpc) is 2.91. The number of rotatable bonds is 3. The molecule has 21 heavy (non-hydrogen) atoms. The number of para-hydroxylation sites is 1. The molecule has 0 radical (unpaired) electrons. The van der Waals surface area contributed by atoms with E-state index in [4.69, 9.17) is 0 Å². The highest BCUT2D eigenvalue weighted by atomic mass is 16.3. The summed E-state index contributed by atoms with van der Waals surface area (Å²) in [6.07, 6.45) is 3.43. The van der Waals surface area contributed by atoms with Crippen LogP contribution in [-0.2, 0) is 0 Å². The molecule has 1 aliphatic heterocycles. The van der Waals surface area contributed by atoms with E-state index < -0.39 is 0 Å². The van der Waals surface area contributed by atoms with Gasteiger partial charge >= 0.3 is 0 Å². The summed E-state index contributed by atoms with van der Waals surface area (Å²) in [6, 6.07) is 9.46. The lowest BCUT2D eigenvalue weighted by molar-refractivity contribution is 0.0922. The molecule has 0 spiro atoms. The summed E-state index contributed by atoms with van der Waals surface area (Å²) >= 11 is 0. The largest absolute Gasteiger partial charge is 0.504 e. The summed E-state index contributed by atoms with van der Waals surface area (Å²) in [4.78, 5) is 12.2. The number of nitrogens with one attached hydrogen (secondary N) is 2. The van der Waals surface area contributed by atoms with Gasteiger partial charge in [-0.15, -0.1) is 0 Å². The Labute approximate surface area is 122 Å². The molecule has 1 saturated heterocycles. The molecule has 0 aliphatic carbocycles. The first-order chi connectivity index (χ1) is 10.2. The summed E-state index contributed by atoms with van der Waals surface area (Å²) in [7, 11) is 0. The third-order valence-electron chi connectivity index (χ3n) is 3.56. The Morgan fingerprint density at radius 1 is 1.38 bits per heavy atom. The van der Waals surface area contributed by atoms with Crippen LogP contribution >= 0.6 is 0 Å². The maximum atomic E-state index is 12.2.